The summed E-state index contributed by atoms with van der Waals surface area (Å²) >= 11 is 0. The van der Waals surface area contributed by atoms with Gasteiger partial charge in [-0.05, 0) is 43.7 Å². The van der Waals surface area contributed by atoms with Gasteiger partial charge in [0, 0.05) is 6.04 Å². The number of anilines is 1. The van der Waals surface area contributed by atoms with E-state index in [1.54, 1.807) is 0 Å². The standard InChI is InChI=1S/C18H22N2O2.ClH/c1-12-9-10-17(22-15-7-5-4-6-8-15)16(11-12)20-18(21)13(2)14(3)19;/h4-11,13-14H,19H2,1-3H3,(H,20,21);1H. The largest absolute Gasteiger partial charge is 0.455 e. The Kier molecular flexibility index (Phi) is 7.07. The Bertz CT molecular complexity index is 645. The monoisotopic (exact) mass is 334 g/mol. The molecule has 2 aromatic carbocycles. The van der Waals surface area contributed by atoms with Crippen LogP contribution >= 0.6 is 12.4 Å². The first-order chi connectivity index (χ1) is 10.5. The molecular weight excluding hydrogens is 312 g/mol. The van der Waals surface area contributed by atoms with E-state index in [2.05, 4.69) is 5.32 Å². The quantitative estimate of drug-likeness (QED) is 0.864. The van der Waals surface area contributed by atoms with Crippen LogP contribution in [0.25, 0.3) is 0 Å². The molecule has 0 bridgehead atoms. The Morgan fingerprint density at radius 1 is 1.13 bits per heavy atom. The summed E-state index contributed by atoms with van der Waals surface area (Å²) in [7, 11) is 0. The van der Waals surface area contributed by atoms with E-state index in [-0.39, 0.29) is 30.3 Å². The number of benzene rings is 2. The third-order valence-corrected chi connectivity index (χ3v) is 3.57. The zero-order chi connectivity index (χ0) is 16.1. The van der Waals surface area contributed by atoms with Crippen LogP contribution in [-0.2, 0) is 4.79 Å². The summed E-state index contributed by atoms with van der Waals surface area (Å²) in [5.74, 6) is 0.952. The zero-order valence-corrected chi connectivity index (χ0v) is 14.4. The second kappa shape index (κ2) is 8.56. The third kappa shape index (κ3) is 5.27. The Morgan fingerprint density at radius 3 is 2.39 bits per heavy atom. The second-order valence-corrected chi connectivity index (χ2v) is 5.55. The molecule has 0 saturated carbocycles. The van der Waals surface area contributed by atoms with Gasteiger partial charge in [0.2, 0.25) is 5.91 Å². The Hall–Kier alpha value is -2.04. The highest BCUT2D eigenvalue weighted by Gasteiger charge is 2.18. The molecule has 0 heterocycles. The molecule has 1 amide bonds. The van der Waals surface area contributed by atoms with Crippen molar-refractivity contribution in [2.75, 3.05) is 5.32 Å². The van der Waals surface area contributed by atoms with Crippen LogP contribution in [0.2, 0.25) is 0 Å². The molecule has 124 valence electrons. The van der Waals surface area contributed by atoms with Gasteiger partial charge >= 0.3 is 0 Å². The Morgan fingerprint density at radius 2 is 1.78 bits per heavy atom. The molecule has 0 aromatic heterocycles. The first-order valence-corrected chi connectivity index (χ1v) is 7.37. The third-order valence-electron chi connectivity index (χ3n) is 3.57. The maximum atomic E-state index is 12.2. The van der Waals surface area contributed by atoms with Crippen molar-refractivity contribution < 1.29 is 9.53 Å². The molecule has 0 fully saturated rings. The molecule has 2 rings (SSSR count). The normalized spacial score (nSPS) is 12.7. The van der Waals surface area contributed by atoms with Crippen molar-refractivity contribution in [2.45, 2.75) is 26.8 Å². The molecule has 3 N–H and O–H groups in total. The average molecular weight is 335 g/mol. The van der Waals surface area contributed by atoms with E-state index < -0.39 is 0 Å². The average Bonchev–Trinajstić information content (AvgIpc) is 2.50. The molecule has 0 spiro atoms. The van der Waals surface area contributed by atoms with E-state index in [4.69, 9.17) is 10.5 Å². The summed E-state index contributed by atoms with van der Waals surface area (Å²) in [6, 6.07) is 15.0. The van der Waals surface area contributed by atoms with E-state index in [0.29, 0.717) is 11.4 Å². The number of aryl methyl sites for hydroxylation is 1. The number of carbonyl (C=O) groups excluding carboxylic acids is 1. The van der Waals surface area contributed by atoms with Gasteiger partial charge in [-0.25, -0.2) is 0 Å². The van der Waals surface area contributed by atoms with Gasteiger partial charge in [-0.3, -0.25) is 4.79 Å². The first kappa shape index (κ1) is 19.0. The van der Waals surface area contributed by atoms with E-state index in [9.17, 15) is 4.79 Å². The smallest absolute Gasteiger partial charge is 0.228 e. The summed E-state index contributed by atoms with van der Waals surface area (Å²) in [6.07, 6.45) is 0. The van der Waals surface area contributed by atoms with Gasteiger partial charge in [0.15, 0.2) is 5.75 Å². The van der Waals surface area contributed by atoms with Crippen molar-refractivity contribution in [3.63, 3.8) is 0 Å². The SMILES string of the molecule is Cc1ccc(Oc2ccccc2)c(NC(=O)C(C)C(C)N)c1.Cl. The summed E-state index contributed by atoms with van der Waals surface area (Å²) in [6.45, 7) is 5.60. The molecule has 0 aliphatic rings. The Balaban J connectivity index is 0.00000264. The van der Waals surface area contributed by atoms with Crippen LogP contribution in [0.1, 0.15) is 19.4 Å². The van der Waals surface area contributed by atoms with E-state index in [0.717, 1.165) is 11.3 Å². The minimum atomic E-state index is -0.273. The number of nitrogens with two attached hydrogens (primary N) is 1. The molecule has 0 aliphatic carbocycles. The van der Waals surface area contributed by atoms with Gasteiger partial charge in [0.25, 0.3) is 0 Å². The highest BCUT2D eigenvalue weighted by atomic mass is 35.5. The minimum absolute atomic E-state index is 0. The van der Waals surface area contributed by atoms with E-state index >= 15 is 0 Å². The van der Waals surface area contributed by atoms with Crippen LogP contribution in [0.5, 0.6) is 11.5 Å². The van der Waals surface area contributed by atoms with Gasteiger partial charge in [-0.1, -0.05) is 31.2 Å². The van der Waals surface area contributed by atoms with Gasteiger partial charge in [-0.15, -0.1) is 12.4 Å². The number of rotatable bonds is 5. The second-order valence-electron chi connectivity index (χ2n) is 5.55. The fraction of sp³-hybridized carbons (Fsp3) is 0.278. The van der Waals surface area contributed by atoms with Gasteiger partial charge in [0.05, 0.1) is 11.6 Å². The van der Waals surface area contributed by atoms with Crippen LogP contribution in [0.4, 0.5) is 5.69 Å². The Labute approximate surface area is 143 Å². The van der Waals surface area contributed by atoms with Crippen LogP contribution < -0.4 is 15.8 Å². The molecule has 4 nitrogen and oxygen atoms in total. The lowest BCUT2D eigenvalue weighted by Crippen LogP contribution is -2.34. The number of hydrogen-bond donors (Lipinski definition) is 2. The van der Waals surface area contributed by atoms with Crippen molar-refractivity contribution in [2.24, 2.45) is 11.7 Å². The molecule has 5 heteroatoms. The predicted octanol–water partition coefficient (Wildman–Crippen LogP) is 4.13. The summed E-state index contributed by atoms with van der Waals surface area (Å²) in [5, 5.41) is 2.91. The molecule has 0 saturated heterocycles. The molecule has 2 unspecified atom stereocenters. The lowest BCUT2D eigenvalue weighted by atomic mass is 10.0. The zero-order valence-electron chi connectivity index (χ0n) is 13.6. The van der Waals surface area contributed by atoms with Crippen LogP contribution in [0, 0.1) is 12.8 Å². The van der Waals surface area contributed by atoms with Crippen LogP contribution in [-0.4, -0.2) is 11.9 Å². The number of para-hydroxylation sites is 1. The van der Waals surface area contributed by atoms with Crippen molar-refractivity contribution in [3.8, 4) is 11.5 Å². The van der Waals surface area contributed by atoms with Crippen LogP contribution in [0.15, 0.2) is 48.5 Å². The van der Waals surface area contributed by atoms with Crippen LogP contribution in [0.3, 0.4) is 0 Å². The highest BCUT2D eigenvalue weighted by molar-refractivity contribution is 5.94. The fourth-order valence-electron chi connectivity index (χ4n) is 1.93. The number of ether oxygens (including phenoxy) is 1. The topological polar surface area (TPSA) is 64.3 Å². The maximum Gasteiger partial charge on any atom is 0.228 e. The van der Waals surface area contributed by atoms with Gasteiger partial charge in [-0.2, -0.15) is 0 Å². The van der Waals surface area contributed by atoms with Crippen molar-refractivity contribution in [1.29, 1.82) is 0 Å². The maximum absolute atomic E-state index is 12.2. The molecule has 0 radical (unpaired) electrons. The molecule has 23 heavy (non-hydrogen) atoms. The molecule has 0 aliphatic heterocycles. The van der Waals surface area contributed by atoms with Crippen molar-refractivity contribution in [1.82, 2.24) is 0 Å². The molecule has 2 aromatic rings. The number of halogens is 1. The minimum Gasteiger partial charge on any atom is -0.455 e. The van der Waals surface area contributed by atoms with Gasteiger partial charge < -0.3 is 15.8 Å². The summed E-state index contributed by atoms with van der Waals surface area (Å²) in [4.78, 5) is 12.2. The number of carbonyl (C=O) groups is 1. The lowest BCUT2D eigenvalue weighted by molar-refractivity contribution is -0.119. The summed E-state index contributed by atoms with van der Waals surface area (Å²) in [5.41, 5.74) is 7.49. The van der Waals surface area contributed by atoms with E-state index in [1.807, 2.05) is 69.3 Å². The highest BCUT2D eigenvalue weighted by Crippen LogP contribution is 2.30. The van der Waals surface area contributed by atoms with E-state index in [1.165, 1.54) is 0 Å². The first-order valence-electron chi connectivity index (χ1n) is 7.37. The van der Waals surface area contributed by atoms with Gasteiger partial charge in [0.1, 0.15) is 5.75 Å². The van der Waals surface area contributed by atoms with Crippen molar-refractivity contribution >= 4 is 24.0 Å². The summed E-state index contributed by atoms with van der Waals surface area (Å²) < 4.78 is 5.86. The molecular formula is C18H23ClN2O2. The predicted molar refractivity (Wildman–Crippen MR) is 96.4 cm³/mol. The fourth-order valence-corrected chi connectivity index (χ4v) is 1.93. The van der Waals surface area contributed by atoms with Crippen molar-refractivity contribution in [3.05, 3.63) is 54.1 Å². The molecule has 2 atom stereocenters. The number of nitrogens with one attached hydrogen (secondary N) is 1. The lowest BCUT2D eigenvalue weighted by Gasteiger charge is -2.18. The number of hydrogen-bond acceptors (Lipinski definition) is 3. The number of amides is 1.